The van der Waals surface area contributed by atoms with Crippen LogP contribution in [0.4, 0.5) is 4.79 Å². The number of carbonyl (C=O) groups excluding carboxylic acids is 1. The summed E-state index contributed by atoms with van der Waals surface area (Å²) in [5.41, 5.74) is 0.591. The minimum atomic E-state index is -0.514. The van der Waals surface area contributed by atoms with Crippen LogP contribution in [0.3, 0.4) is 0 Å². The van der Waals surface area contributed by atoms with Crippen molar-refractivity contribution in [3.63, 3.8) is 0 Å². The molecule has 2 aromatic carbocycles. The second kappa shape index (κ2) is 8.95. The Labute approximate surface area is 204 Å². The van der Waals surface area contributed by atoms with Gasteiger partial charge in [0, 0.05) is 31.0 Å². The van der Waals surface area contributed by atoms with Crippen LogP contribution in [0.15, 0.2) is 57.7 Å². The van der Waals surface area contributed by atoms with Gasteiger partial charge in [-0.15, -0.1) is 0 Å². The third-order valence-corrected chi connectivity index (χ3v) is 6.70. The zero-order valence-corrected chi connectivity index (χ0v) is 20.6. The highest BCUT2D eigenvalue weighted by molar-refractivity contribution is 5.91. The molecule has 0 spiro atoms. The van der Waals surface area contributed by atoms with Gasteiger partial charge in [0.05, 0.1) is 12.5 Å². The summed E-state index contributed by atoms with van der Waals surface area (Å²) >= 11 is 0. The van der Waals surface area contributed by atoms with Gasteiger partial charge in [0.1, 0.15) is 34.4 Å². The number of piperidine rings is 1. The number of ether oxygens (including phenoxy) is 3. The Kier molecular flexibility index (Phi) is 5.95. The molecule has 5 rings (SSSR count). The third-order valence-electron chi connectivity index (χ3n) is 6.70. The fraction of sp³-hybridized carbons (Fsp3) is 0.429. The van der Waals surface area contributed by atoms with Crippen LogP contribution in [0.1, 0.15) is 46.5 Å². The molecule has 2 saturated heterocycles. The molecule has 0 radical (unpaired) electrons. The van der Waals surface area contributed by atoms with Gasteiger partial charge < -0.3 is 23.5 Å². The Morgan fingerprint density at radius 2 is 1.71 bits per heavy atom. The van der Waals surface area contributed by atoms with E-state index in [4.69, 9.17) is 18.6 Å². The molecule has 1 amide bonds. The van der Waals surface area contributed by atoms with E-state index in [0.717, 1.165) is 31.2 Å². The molecule has 184 valence electrons. The van der Waals surface area contributed by atoms with Crippen molar-refractivity contribution in [3.05, 3.63) is 59.0 Å². The van der Waals surface area contributed by atoms with Crippen molar-refractivity contribution in [2.24, 2.45) is 0 Å². The molecule has 2 bridgehead atoms. The van der Waals surface area contributed by atoms with Crippen molar-refractivity contribution in [2.45, 2.75) is 70.2 Å². The lowest BCUT2D eigenvalue weighted by Gasteiger charge is -2.39. The summed E-state index contributed by atoms with van der Waals surface area (Å²) in [7, 11) is 1.55. The molecule has 2 aliphatic heterocycles. The molecular formula is C28H31NO6. The van der Waals surface area contributed by atoms with E-state index in [1.54, 1.807) is 13.2 Å². The van der Waals surface area contributed by atoms with Crippen LogP contribution in [0.25, 0.3) is 22.1 Å². The van der Waals surface area contributed by atoms with Crippen LogP contribution in [-0.2, 0) is 4.74 Å². The minimum absolute atomic E-state index is 0.0270. The molecular weight excluding hydrogens is 446 g/mol. The standard InChI is InChI=1S/C28H31NO6/c1-28(2,3)35-27(31)29-18-10-11-19(29)15-21(14-18)33-20-12-13-22-23(16-20)34-26(30)24(25(22)32-4)17-8-6-5-7-9-17/h5-9,12-13,16,18-19,21H,10-11,14-15H2,1-4H3/t18-,19+,21+. The van der Waals surface area contributed by atoms with Crippen molar-refractivity contribution in [2.75, 3.05) is 7.11 Å². The predicted octanol–water partition coefficient (Wildman–Crippen LogP) is 5.78. The molecule has 2 aliphatic rings. The Hall–Kier alpha value is -3.48. The van der Waals surface area contributed by atoms with Gasteiger partial charge in [0.2, 0.25) is 0 Å². The number of methoxy groups -OCH3 is 1. The SMILES string of the molecule is COc1c(-c2ccccc2)c(=O)oc2cc(O[C@H]3C[C@H]4CC[C@@H](C3)N4C(=O)OC(C)(C)C)ccc12. The van der Waals surface area contributed by atoms with E-state index in [1.165, 1.54) is 0 Å². The number of carbonyl (C=O) groups is 1. The average molecular weight is 478 g/mol. The number of benzene rings is 2. The highest BCUT2D eigenvalue weighted by Crippen LogP contribution is 2.39. The molecule has 0 saturated carbocycles. The topological polar surface area (TPSA) is 78.2 Å². The first-order valence-electron chi connectivity index (χ1n) is 12.1. The Morgan fingerprint density at radius 1 is 1.03 bits per heavy atom. The van der Waals surface area contributed by atoms with Gasteiger partial charge in [-0.3, -0.25) is 0 Å². The van der Waals surface area contributed by atoms with E-state index >= 15 is 0 Å². The predicted molar refractivity (Wildman–Crippen MR) is 133 cm³/mol. The van der Waals surface area contributed by atoms with E-state index in [9.17, 15) is 9.59 Å². The Balaban J connectivity index is 1.37. The molecule has 7 heteroatoms. The van der Waals surface area contributed by atoms with Gasteiger partial charge in [-0.25, -0.2) is 9.59 Å². The Bertz CT molecular complexity index is 1280. The Morgan fingerprint density at radius 3 is 2.34 bits per heavy atom. The van der Waals surface area contributed by atoms with E-state index in [-0.39, 0.29) is 24.3 Å². The van der Waals surface area contributed by atoms with Crippen LogP contribution in [0.2, 0.25) is 0 Å². The van der Waals surface area contributed by atoms with Crippen molar-refractivity contribution in [1.29, 1.82) is 0 Å². The van der Waals surface area contributed by atoms with Crippen LogP contribution < -0.4 is 15.1 Å². The normalized spacial score (nSPS) is 21.7. The van der Waals surface area contributed by atoms with Gasteiger partial charge >= 0.3 is 11.7 Å². The van der Waals surface area contributed by atoms with E-state index in [1.807, 2.05) is 68.1 Å². The van der Waals surface area contributed by atoms with E-state index in [2.05, 4.69) is 0 Å². The highest BCUT2D eigenvalue weighted by Gasteiger charge is 2.45. The summed E-state index contributed by atoms with van der Waals surface area (Å²) in [6, 6.07) is 15.1. The number of amides is 1. The molecule has 3 atom stereocenters. The van der Waals surface area contributed by atoms with E-state index < -0.39 is 11.2 Å². The largest absolute Gasteiger partial charge is 0.495 e. The van der Waals surface area contributed by atoms with Gasteiger partial charge in [-0.1, -0.05) is 30.3 Å². The first-order chi connectivity index (χ1) is 16.7. The second-order valence-electron chi connectivity index (χ2n) is 10.3. The average Bonchev–Trinajstić information content (AvgIpc) is 3.08. The molecule has 0 N–H and O–H groups in total. The zero-order chi connectivity index (χ0) is 24.7. The van der Waals surface area contributed by atoms with Crippen LogP contribution in [0, 0.1) is 0 Å². The second-order valence-corrected chi connectivity index (χ2v) is 10.3. The van der Waals surface area contributed by atoms with Crippen molar-refractivity contribution in [3.8, 4) is 22.6 Å². The van der Waals surface area contributed by atoms with Gasteiger partial charge in [0.25, 0.3) is 0 Å². The molecule has 2 fully saturated rings. The fourth-order valence-electron chi connectivity index (χ4n) is 5.32. The van der Waals surface area contributed by atoms with Crippen LogP contribution in [0.5, 0.6) is 11.5 Å². The lowest BCUT2D eigenvalue weighted by molar-refractivity contribution is -0.00706. The van der Waals surface area contributed by atoms with Crippen LogP contribution in [-0.4, -0.2) is 41.9 Å². The molecule has 1 aromatic heterocycles. The lowest BCUT2D eigenvalue weighted by atomic mass is 10.00. The molecule has 3 aromatic rings. The molecule has 0 unspecified atom stereocenters. The zero-order valence-electron chi connectivity index (χ0n) is 20.6. The number of fused-ring (bicyclic) bond motifs is 3. The van der Waals surface area contributed by atoms with Gasteiger partial charge in [-0.2, -0.15) is 0 Å². The smallest absolute Gasteiger partial charge is 0.410 e. The monoisotopic (exact) mass is 477 g/mol. The molecule has 0 aliphatic carbocycles. The first kappa shape index (κ1) is 23.3. The quantitative estimate of drug-likeness (QED) is 0.444. The summed E-state index contributed by atoms with van der Waals surface area (Å²) in [5, 5.41) is 0.707. The molecule has 3 heterocycles. The van der Waals surface area contributed by atoms with Gasteiger partial charge in [0.15, 0.2) is 0 Å². The first-order valence-corrected chi connectivity index (χ1v) is 12.1. The van der Waals surface area contributed by atoms with Crippen molar-refractivity contribution >= 4 is 17.1 Å². The summed E-state index contributed by atoms with van der Waals surface area (Å²) < 4.78 is 23.3. The maximum atomic E-state index is 12.9. The van der Waals surface area contributed by atoms with E-state index in [0.29, 0.717) is 28.0 Å². The summed E-state index contributed by atoms with van der Waals surface area (Å²) in [4.78, 5) is 27.5. The fourth-order valence-corrected chi connectivity index (χ4v) is 5.32. The van der Waals surface area contributed by atoms with Crippen molar-refractivity contribution < 1.29 is 23.4 Å². The van der Waals surface area contributed by atoms with Gasteiger partial charge in [-0.05, 0) is 51.3 Å². The maximum Gasteiger partial charge on any atom is 0.410 e. The summed E-state index contributed by atoms with van der Waals surface area (Å²) in [5.74, 6) is 1.11. The number of rotatable bonds is 4. The number of hydrogen-bond donors (Lipinski definition) is 0. The minimum Gasteiger partial charge on any atom is -0.495 e. The summed E-state index contributed by atoms with van der Waals surface area (Å²) in [6.07, 6.45) is 3.13. The molecule has 35 heavy (non-hydrogen) atoms. The van der Waals surface area contributed by atoms with Crippen molar-refractivity contribution in [1.82, 2.24) is 4.90 Å². The number of hydrogen-bond acceptors (Lipinski definition) is 6. The maximum absolute atomic E-state index is 12.9. The third kappa shape index (κ3) is 4.59. The molecule has 7 nitrogen and oxygen atoms in total. The summed E-state index contributed by atoms with van der Waals surface area (Å²) in [6.45, 7) is 5.66. The highest BCUT2D eigenvalue weighted by atomic mass is 16.6. The number of nitrogens with zero attached hydrogens (tertiary/aromatic N) is 1. The lowest BCUT2D eigenvalue weighted by Crippen LogP contribution is -2.50. The van der Waals surface area contributed by atoms with Crippen LogP contribution >= 0.6 is 0 Å².